The van der Waals surface area contributed by atoms with Gasteiger partial charge in [-0.25, -0.2) is 4.39 Å². The van der Waals surface area contributed by atoms with E-state index in [-0.39, 0.29) is 11.9 Å². The average molecular weight is 335 g/mol. The van der Waals surface area contributed by atoms with Crippen molar-refractivity contribution < 1.29 is 4.39 Å². The smallest absolute Gasteiger partial charge is 0.137 e. The number of hydrogen-bond donors (Lipinski definition) is 1. The quantitative estimate of drug-likeness (QED) is 0.865. The molecule has 18 heavy (non-hydrogen) atoms. The molecule has 0 amide bonds. The first-order chi connectivity index (χ1) is 8.51. The van der Waals surface area contributed by atoms with Gasteiger partial charge in [0.2, 0.25) is 0 Å². The van der Waals surface area contributed by atoms with Gasteiger partial charge in [-0.1, -0.05) is 6.07 Å². The maximum atomic E-state index is 13.3. The Morgan fingerprint density at radius 3 is 2.67 bits per heavy atom. The fourth-order valence-corrected chi connectivity index (χ4v) is 3.04. The predicted molar refractivity (Wildman–Crippen MR) is 81.5 cm³/mol. The predicted octanol–water partition coefficient (Wildman–Crippen LogP) is 3.27. The van der Waals surface area contributed by atoms with Crippen molar-refractivity contribution in [3.05, 3.63) is 34.1 Å². The summed E-state index contributed by atoms with van der Waals surface area (Å²) in [6.45, 7) is 2.70. The molecule has 2 atom stereocenters. The molecule has 1 aromatic carbocycles. The van der Waals surface area contributed by atoms with E-state index < -0.39 is 0 Å². The largest absolute Gasteiger partial charge is 0.329 e. The number of rotatable bonds is 6. The minimum absolute atomic E-state index is 0.115. The van der Waals surface area contributed by atoms with Crippen molar-refractivity contribution >= 4 is 27.7 Å². The van der Waals surface area contributed by atoms with Gasteiger partial charge in [0.05, 0.1) is 4.47 Å². The Labute approximate surface area is 121 Å². The lowest BCUT2D eigenvalue weighted by Crippen LogP contribution is -2.38. The highest BCUT2D eigenvalue weighted by molar-refractivity contribution is 9.10. The highest BCUT2D eigenvalue weighted by Gasteiger charge is 2.20. The Bertz CT molecular complexity index is 389. The lowest BCUT2D eigenvalue weighted by atomic mass is 10.0. The van der Waals surface area contributed by atoms with Gasteiger partial charge in [-0.15, -0.1) is 0 Å². The Morgan fingerprint density at radius 2 is 2.17 bits per heavy atom. The van der Waals surface area contributed by atoms with Gasteiger partial charge in [0, 0.05) is 24.4 Å². The van der Waals surface area contributed by atoms with Gasteiger partial charge >= 0.3 is 0 Å². The Kier molecular flexibility index (Phi) is 6.63. The monoisotopic (exact) mass is 334 g/mol. The van der Waals surface area contributed by atoms with Crippen LogP contribution in [0.25, 0.3) is 0 Å². The van der Waals surface area contributed by atoms with Gasteiger partial charge in [-0.3, -0.25) is 4.90 Å². The van der Waals surface area contributed by atoms with Crippen LogP contribution in [0.3, 0.4) is 0 Å². The van der Waals surface area contributed by atoms with Crippen LogP contribution in [-0.4, -0.2) is 36.5 Å². The van der Waals surface area contributed by atoms with Gasteiger partial charge in [0.25, 0.3) is 0 Å². The maximum Gasteiger partial charge on any atom is 0.137 e. The highest BCUT2D eigenvalue weighted by Crippen LogP contribution is 2.25. The molecule has 0 saturated heterocycles. The van der Waals surface area contributed by atoms with Crippen molar-refractivity contribution in [1.82, 2.24) is 4.90 Å². The molecule has 2 unspecified atom stereocenters. The van der Waals surface area contributed by atoms with Crippen molar-refractivity contribution in [2.24, 2.45) is 5.73 Å². The second-order valence-electron chi connectivity index (χ2n) is 4.39. The van der Waals surface area contributed by atoms with Crippen LogP contribution in [0.1, 0.15) is 18.5 Å². The van der Waals surface area contributed by atoms with Crippen molar-refractivity contribution in [2.45, 2.75) is 19.0 Å². The van der Waals surface area contributed by atoms with Gasteiger partial charge in [0.1, 0.15) is 5.82 Å². The SMILES string of the molecule is CSCC(C)N(C)C(CN)c1ccc(F)c(Br)c1. The molecule has 0 spiro atoms. The van der Waals surface area contributed by atoms with Crippen molar-refractivity contribution in [3.63, 3.8) is 0 Å². The molecule has 2 nitrogen and oxygen atoms in total. The fraction of sp³-hybridized carbons (Fsp3) is 0.538. The van der Waals surface area contributed by atoms with E-state index in [9.17, 15) is 4.39 Å². The molecular formula is C13H20BrFN2S. The van der Waals surface area contributed by atoms with E-state index >= 15 is 0 Å². The number of nitrogens with zero attached hydrogens (tertiary/aromatic N) is 1. The zero-order valence-corrected chi connectivity index (χ0v) is 13.4. The first kappa shape index (κ1) is 16.0. The number of thioether (sulfide) groups is 1. The molecule has 0 heterocycles. The van der Waals surface area contributed by atoms with Crippen LogP contribution in [0.15, 0.2) is 22.7 Å². The van der Waals surface area contributed by atoms with E-state index in [0.717, 1.165) is 11.3 Å². The molecule has 102 valence electrons. The average Bonchev–Trinajstić information content (AvgIpc) is 2.34. The Morgan fingerprint density at radius 1 is 1.50 bits per heavy atom. The highest BCUT2D eigenvalue weighted by atomic mass is 79.9. The van der Waals surface area contributed by atoms with Crippen LogP contribution in [0, 0.1) is 5.82 Å². The van der Waals surface area contributed by atoms with Gasteiger partial charge in [-0.05, 0) is 53.9 Å². The summed E-state index contributed by atoms with van der Waals surface area (Å²) >= 11 is 5.04. The second kappa shape index (κ2) is 7.48. The second-order valence-corrected chi connectivity index (χ2v) is 6.16. The third-order valence-corrected chi connectivity index (χ3v) is 4.57. The van der Waals surface area contributed by atoms with Crippen LogP contribution in [0.4, 0.5) is 4.39 Å². The van der Waals surface area contributed by atoms with Gasteiger partial charge in [0.15, 0.2) is 0 Å². The summed E-state index contributed by atoms with van der Waals surface area (Å²) < 4.78 is 13.7. The molecule has 0 aromatic heterocycles. The maximum absolute atomic E-state index is 13.3. The topological polar surface area (TPSA) is 29.3 Å². The molecule has 0 aliphatic heterocycles. The molecule has 0 aliphatic carbocycles. The molecule has 5 heteroatoms. The number of hydrogen-bond acceptors (Lipinski definition) is 3. The molecular weight excluding hydrogens is 315 g/mol. The Balaban J connectivity index is 2.91. The number of benzene rings is 1. The zero-order chi connectivity index (χ0) is 13.7. The van der Waals surface area contributed by atoms with E-state index in [1.54, 1.807) is 6.07 Å². The van der Waals surface area contributed by atoms with Gasteiger partial charge in [-0.2, -0.15) is 11.8 Å². The zero-order valence-electron chi connectivity index (χ0n) is 11.0. The molecule has 0 radical (unpaired) electrons. The van der Waals surface area contributed by atoms with Gasteiger partial charge < -0.3 is 5.73 Å². The molecule has 0 bridgehead atoms. The van der Waals surface area contributed by atoms with Crippen LogP contribution in [-0.2, 0) is 0 Å². The van der Waals surface area contributed by atoms with E-state index in [1.807, 2.05) is 17.8 Å². The summed E-state index contributed by atoms with van der Waals surface area (Å²) in [6, 6.07) is 5.64. The summed E-state index contributed by atoms with van der Waals surface area (Å²) in [5.74, 6) is 0.810. The normalized spacial score (nSPS) is 14.8. The van der Waals surface area contributed by atoms with E-state index in [1.165, 1.54) is 6.07 Å². The van der Waals surface area contributed by atoms with Crippen LogP contribution in [0.2, 0.25) is 0 Å². The summed E-state index contributed by atoms with van der Waals surface area (Å²) in [5, 5.41) is 0. The Hall–Kier alpha value is -0.100. The molecule has 1 rings (SSSR count). The minimum atomic E-state index is -0.241. The third-order valence-electron chi connectivity index (χ3n) is 3.15. The van der Waals surface area contributed by atoms with Crippen molar-refractivity contribution in [1.29, 1.82) is 0 Å². The molecule has 2 N–H and O–H groups in total. The lowest BCUT2D eigenvalue weighted by Gasteiger charge is -2.32. The standard InChI is InChI=1S/C13H20BrFN2S/c1-9(8-18-3)17(2)13(7-16)10-4-5-12(15)11(14)6-10/h4-6,9,13H,7-8,16H2,1-3H3. The number of nitrogens with two attached hydrogens (primary N) is 1. The lowest BCUT2D eigenvalue weighted by molar-refractivity contribution is 0.204. The molecule has 0 saturated carbocycles. The fourth-order valence-electron chi connectivity index (χ4n) is 1.92. The summed E-state index contributed by atoms with van der Waals surface area (Å²) in [4.78, 5) is 2.25. The molecule has 0 fully saturated rings. The summed E-state index contributed by atoms with van der Waals surface area (Å²) in [5.41, 5.74) is 6.91. The summed E-state index contributed by atoms with van der Waals surface area (Å²) in [6.07, 6.45) is 2.09. The van der Waals surface area contributed by atoms with Crippen molar-refractivity contribution in [2.75, 3.05) is 25.6 Å². The van der Waals surface area contributed by atoms with E-state index in [0.29, 0.717) is 17.1 Å². The first-order valence-corrected chi connectivity index (χ1v) is 8.05. The number of likely N-dealkylation sites (N-methyl/N-ethyl adjacent to an activating group) is 1. The summed E-state index contributed by atoms with van der Waals surface area (Å²) in [7, 11) is 2.07. The first-order valence-electron chi connectivity index (χ1n) is 5.87. The van der Waals surface area contributed by atoms with Crippen LogP contribution in [0.5, 0.6) is 0 Å². The minimum Gasteiger partial charge on any atom is -0.329 e. The van der Waals surface area contributed by atoms with E-state index in [4.69, 9.17) is 5.73 Å². The third kappa shape index (κ3) is 3.95. The van der Waals surface area contributed by atoms with E-state index in [2.05, 4.69) is 41.1 Å². The van der Waals surface area contributed by atoms with Crippen LogP contribution < -0.4 is 5.73 Å². The molecule has 0 aliphatic rings. The van der Waals surface area contributed by atoms with Crippen molar-refractivity contribution in [3.8, 4) is 0 Å². The number of halogens is 2. The van der Waals surface area contributed by atoms with Crippen LogP contribution >= 0.6 is 27.7 Å². The molecule has 1 aromatic rings.